The van der Waals surface area contributed by atoms with Crippen LogP contribution in [0.15, 0.2) is 78.9 Å². The predicted octanol–water partition coefficient (Wildman–Crippen LogP) is 3.88. The van der Waals surface area contributed by atoms with E-state index in [4.69, 9.17) is 11.2 Å². The summed E-state index contributed by atoms with van der Waals surface area (Å²) in [5, 5.41) is 2.55. The van der Waals surface area contributed by atoms with Gasteiger partial charge in [0.05, 0.1) is 13.0 Å². The lowest BCUT2D eigenvalue weighted by molar-refractivity contribution is -0.123. The van der Waals surface area contributed by atoms with E-state index >= 15 is 0 Å². The van der Waals surface area contributed by atoms with Crippen LogP contribution in [0.3, 0.4) is 0 Å². The highest BCUT2D eigenvalue weighted by Crippen LogP contribution is 2.29. The van der Waals surface area contributed by atoms with Gasteiger partial charge in [0.1, 0.15) is 12.3 Å². The number of ether oxygens (including phenoxy) is 1. The molecule has 0 spiro atoms. The molecule has 0 atom stereocenters. The van der Waals surface area contributed by atoms with E-state index in [2.05, 4.69) is 11.2 Å². The Balaban J connectivity index is 1.72. The Morgan fingerprint density at radius 1 is 1.00 bits per heavy atom. The van der Waals surface area contributed by atoms with E-state index in [9.17, 15) is 9.59 Å². The molecule has 0 radical (unpaired) electrons. The Morgan fingerprint density at radius 2 is 1.74 bits per heavy atom. The summed E-state index contributed by atoms with van der Waals surface area (Å²) in [6, 6.07) is 24.6. The fourth-order valence-electron chi connectivity index (χ4n) is 3.14. The topological polar surface area (TPSA) is 58.6 Å². The highest BCUT2D eigenvalue weighted by atomic mass is 16.5. The van der Waals surface area contributed by atoms with Gasteiger partial charge in [0.2, 0.25) is 11.8 Å². The molecule has 2 amide bonds. The van der Waals surface area contributed by atoms with Crippen molar-refractivity contribution in [1.82, 2.24) is 5.32 Å². The zero-order chi connectivity index (χ0) is 22.1. The summed E-state index contributed by atoms with van der Waals surface area (Å²) < 4.78 is 5.94. The second-order valence-electron chi connectivity index (χ2n) is 6.81. The molecule has 1 N–H and O–H groups in total. The first-order chi connectivity index (χ1) is 15.1. The van der Waals surface area contributed by atoms with Gasteiger partial charge in [-0.3, -0.25) is 9.59 Å². The number of terminal acetylenes is 1. The quantitative estimate of drug-likeness (QED) is 0.571. The van der Waals surface area contributed by atoms with Crippen molar-refractivity contribution in [2.75, 3.05) is 25.1 Å². The Kier molecular flexibility index (Phi) is 7.45. The van der Waals surface area contributed by atoms with Crippen LogP contribution in [0.4, 0.5) is 5.69 Å². The highest BCUT2D eigenvalue weighted by Gasteiger charge is 2.19. The Bertz CT molecular complexity index is 1090. The molecule has 0 fully saturated rings. The second kappa shape index (κ2) is 10.7. The average molecular weight is 412 g/mol. The Hall–Kier alpha value is -4.04. The molecule has 5 heteroatoms. The van der Waals surface area contributed by atoms with Gasteiger partial charge >= 0.3 is 0 Å². The van der Waals surface area contributed by atoms with Gasteiger partial charge < -0.3 is 15.0 Å². The largest absolute Gasteiger partial charge is 0.492 e. The zero-order valence-electron chi connectivity index (χ0n) is 17.4. The molecule has 3 aromatic carbocycles. The summed E-state index contributed by atoms with van der Waals surface area (Å²) in [4.78, 5) is 26.4. The van der Waals surface area contributed by atoms with Crippen molar-refractivity contribution >= 4 is 17.5 Å². The Labute approximate surface area is 182 Å². The smallest absolute Gasteiger partial charge is 0.239 e. The molecule has 0 aromatic heterocycles. The van der Waals surface area contributed by atoms with Gasteiger partial charge in [0, 0.05) is 23.9 Å². The minimum absolute atomic E-state index is 0.0933. The lowest BCUT2D eigenvalue weighted by atomic mass is 10.1. The number of hydrogen-bond donors (Lipinski definition) is 1. The molecule has 0 saturated heterocycles. The number of hydrogen-bond acceptors (Lipinski definition) is 3. The van der Waals surface area contributed by atoms with Crippen LogP contribution in [0, 0.1) is 12.3 Å². The molecule has 0 bridgehead atoms. The first-order valence-corrected chi connectivity index (χ1v) is 9.97. The normalized spacial score (nSPS) is 10.1. The van der Waals surface area contributed by atoms with Crippen LogP contribution >= 0.6 is 0 Å². The number of carbonyl (C=O) groups is 2. The van der Waals surface area contributed by atoms with E-state index in [-0.39, 0.29) is 31.4 Å². The van der Waals surface area contributed by atoms with Crippen LogP contribution in [0.2, 0.25) is 0 Å². The summed E-state index contributed by atoms with van der Waals surface area (Å²) in [7, 11) is 1.53. The third-order valence-electron chi connectivity index (χ3n) is 4.75. The maximum atomic E-state index is 13.0. The second-order valence-corrected chi connectivity index (χ2v) is 6.81. The molecule has 0 heterocycles. The van der Waals surface area contributed by atoms with Crippen molar-refractivity contribution in [3.8, 4) is 29.2 Å². The number of nitrogens with zero attached hydrogens (tertiary/aromatic N) is 1. The van der Waals surface area contributed by atoms with E-state index in [1.165, 1.54) is 11.9 Å². The molecule has 0 unspecified atom stereocenters. The lowest BCUT2D eigenvalue weighted by Crippen LogP contribution is -2.40. The standard InChI is InChI=1S/C26H24N2O3/c1-3-20-10-9-13-22(18-20)28(19-25(29)27-2)26(30)16-17-31-24-15-8-7-14-23(24)21-11-5-4-6-12-21/h1,4-15,18H,16-17,19H2,2H3,(H,27,29). The number of anilines is 1. The fourth-order valence-corrected chi connectivity index (χ4v) is 3.14. The third-order valence-corrected chi connectivity index (χ3v) is 4.75. The van der Waals surface area contributed by atoms with E-state index in [1.807, 2.05) is 54.6 Å². The van der Waals surface area contributed by atoms with Crippen LogP contribution in [-0.4, -0.2) is 32.0 Å². The zero-order valence-corrected chi connectivity index (χ0v) is 17.4. The molecule has 3 aromatic rings. The van der Waals surface area contributed by atoms with Crippen molar-refractivity contribution in [2.24, 2.45) is 0 Å². The maximum Gasteiger partial charge on any atom is 0.239 e. The summed E-state index contributed by atoms with van der Waals surface area (Å²) in [5.74, 6) is 2.76. The molecular weight excluding hydrogens is 388 g/mol. The Morgan fingerprint density at radius 3 is 2.48 bits per heavy atom. The van der Waals surface area contributed by atoms with Gasteiger partial charge in [-0.1, -0.05) is 60.5 Å². The number of nitrogens with one attached hydrogen (secondary N) is 1. The van der Waals surface area contributed by atoms with E-state index < -0.39 is 0 Å². The molecular formula is C26H24N2O3. The molecule has 5 nitrogen and oxygen atoms in total. The van der Waals surface area contributed by atoms with Crippen molar-refractivity contribution in [2.45, 2.75) is 6.42 Å². The van der Waals surface area contributed by atoms with Crippen LogP contribution in [0.5, 0.6) is 5.75 Å². The lowest BCUT2D eigenvalue weighted by Gasteiger charge is -2.22. The molecule has 0 aliphatic carbocycles. The summed E-state index contributed by atoms with van der Waals surface area (Å²) in [6.45, 7) is 0.0890. The predicted molar refractivity (Wildman–Crippen MR) is 123 cm³/mol. The number of benzene rings is 3. The van der Waals surface area contributed by atoms with E-state index in [1.54, 1.807) is 24.3 Å². The van der Waals surface area contributed by atoms with Gasteiger partial charge in [-0.05, 0) is 29.8 Å². The van der Waals surface area contributed by atoms with Gasteiger partial charge in [0.25, 0.3) is 0 Å². The van der Waals surface area contributed by atoms with Gasteiger partial charge in [-0.25, -0.2) is 0 Å². The number of para-hydroxylation sites is 1. The van der Waals surface area contributed by atoms with Crippen molar-refractivity contribution in [3.05, 3.63) is 84.4 Å². The van der Waals surface area contributed by atoms with Crippen molar-refractivity contribution in [1.29, 1.82) is 0 Å². The summed E-state index contributed by atoms with van der Waals surface area (Å²) in [5.41, 5.74) is 3.21. The summed E-state index contributed by atoms with van der Waals surface area (Å²) in [6.07, 6.45) is 5.59. The fraction of sp³-hybridized carbons (Fsp3) is 0.154. The van der Waals surface area contributed by atoms with Gasteiger partial charge in [-0.15, -0.1) is 6.42 Å². The minimum atomic E-state index is -0.269. The molecule has 0 saturated carbocycles. The van der Waals surface area contributed by atoms with Crippen molar-refractivity contribution < 1.29 is 14.3 Å². The van der Waals surface area contributed by atoms with Crippen LogP contribution < -0.4 is 15.0 Å². The van der Waals surface area contributed by atoms with E-state index in [0.717, 1.165) is 11.1 Å². The molecule has 0 aliphatic rings. The number of carbonyl (C=O) groups excluding carboxylic acids is 2. The van der Waals surface area contributed by atoms with Gasteiger partial charge in [0.15, 0.2) is 0 Å². The number of rotatable bonds is 8. The van der Waals surface area contributed by atoms with Gasteiger partial charge in [-0.2, -0.15) is 0 Å². The van der Waals surface area contributed by atoms with E-state index in [0.29, 0.717) is 17.0 Å². The maximum absolute atomic E-state index is 13.0. The summed E-state index contributed by atoms with van der Waals surface area (Å²) >= 11 is 0. The number of amides is 2. The van der Waals surface area contributed by atoms with Crippen LogP contribution in [0.1, 0.15) is 12.0 Å². The first-order valence-electron chi connectivity index (χ1n) is 9.97. The minimum Gasteiger partial charge on any atom is -0.492 e. The average Bonchev–Trinajstić information content (AvgIpc) is 2.83. The first kappa shape index (κ1) is 21.7. The molecule has 156 valence electrons. The van der Waals surface area contributed by atoms with Crippen molar-refractivity contribution in [3.63, 3.8) is 0 Å². The molecule has 31 heavy (non-hydrogen) atoms. The monoisotopic (exact) mass is 412 g/mol. The highest BCUT2D eigenvalue weighted by molar-refractivity contribution is 5.98. The third kappa shape index (κ3) is 5.74. The number of likely N-dealkylation sites (N-methyl/N-ethyl adjacent to an activating group) is 1. The van der Waals surface area contributed by atoms with Crippen LogP contribution in [-0.2, 0) is 9.59 Å². The molecule has 0 aliphatic heterocycles. The SMILES string of the molecule is C#Cc1cccc(N(CC(=O)NC)C(=O)CCOc2ccccc2-c2ccccc2)c1. The molecule has 3 rings (SSSR count). The van der Waals surface area contributed by atoms with Crippen LogP contribution in [0.25, 0.3) is 11.1 Å².